The first-order chi connectivity index (χ1) is 13.7. The van der Waals surface area contributed by atoms with E-state index in [2.05, 4.69) is 51.7 Å². The van der Waals surface area contributed by atoms with Gasteiger partial charge in [0.15, 0.2) is 5.96 Å². The SMILES string of the molecule is CN=C(NCCNC(=O)C1CCCCC1)N1CCOC(c2ccccc2C)C1. The predicted octanol–water partition coefficient (Wildman–Crippen LogP) is 2.64. The standard InChI is InChI=1S/C22H34N4O2/c1-17-8-6-7-11-19(17)20-16-26(14-15-28-20)22(23-2)25-13-12-24-21(27)18-9-4-3-5-10-18/h6-8,11,18,20H,3-5,9-10,12-16H2,1-2H3,(H,23,25)(H,24,27). The molecule has 28 heavy (non-hydrogen) atoms. The van der Waals surface area contributed by atoms with Crippen LogP contribution in [0.25, 0.3) is 0 Å². The van der Waals surface area contributed by atoms with E-state index in [9.17, 15) is 4.79 Å². The quantitative estimate of drug-likeness (QED) is 0.464. The van der Waals surface area contributed by atoms with Crippen LogP contribution in [-0.4, -0.2) is 56.6 Å². The number of carbonyl (C=O) groups excluding carboxylic acids is 1. The second-order valence-corrected chi connectivity index (χ2v) is 7.76. The maximum absolute atomic E-state index is 12.2. The molecule has 6 heteroatoms. The zero-order chi connectivity index (χ0) is 19.8. The smallest absolute Gasteiger partial charge is 0.223 e. The van der Waals surface area contributed by atoms with Crippen LogP contribution in [0, 0.1) is 12.8 Å². The highest BCUT2D eigenvalue weighted by Gasteiger charge is 2.25. The first-order valence-electron chi connectivity index (χ1n) is 10.6. The van der Waals surface area contributed by atoms with Crippen LogP contribution in [0.5, 0.6) is 0 Å². The Morgan fingerprint density at radius 1 is 1.18 bits per heavy atom. The van der Waals surface area contributed by atoms with Gasteiger partial charge >= 0.3 is 0 Å². The summed E-state index contributed by atoms with van der Waals surface area (Å²) in [6.45, 7) is 5.70. The number of amides is 1. The number of nitrogens with one attached hydrogen (secondary N) is 2. The monoisotopic (exact) mass is 386 g/mol. The second kappa shape index (κ2) is 10.5. The van der Waals surface area contributed by atoms with Gasteiger partial charge < -0.3 is 20.3 Å². The topological polar surface area (TPSA) is 66.0 Å². The summed E-state index contributed by atoms with van der Waals surface area (Å²) in [5.41, 5.74) is 2.49. The fraction of sp³-hybridized carbons (Fsp3) is 0.636. The molecule has 6 nitrogen and oxygen atoms in total. The summed E-state index contributed by atoms with van der Waals surface area (Å²) in [6.07, 6.45) is 5.76. The Kier molecular flexibility index (Phi) is 7.71. The van der Waals surface area contributed by atoms with Crippen LogP contribution in [0.4, 0.5) is 0 Å². The summed E-state index contributed by atoms with van der Waals surface area (Å²) in [4.78, 5) is 18.9. The summed E-state index contributed by atoms with van der Waals surface area (Å²) in [7, 11) is 1.81. The molecular weight excluding hydrogens is 352 g/mol. The molecule has 1 atom stereocenters. The number of rotatable bonds is 5. The normalized spacial score (nSPS) is 21.4. The van der Waals surface area contributed by atoms with E-state index in [1.807, 2.05) is 0 Å². The fourth-order valence-electron chi connectivity index (χ4n) is 4.18. The zero-order valence-electron chi connectivity index (χ0n) is 17.2. The van der Waals surface area contributed by atoms with Crippen molar-refractivity contribution in [2.24, 2.45) is 10.9 Å². The molecule has 1 saturated heterocycles. The van der Waals surface area contributed by atoms with Gasteiger partial charge in [-0.15, -0.1) is 0 Å². The molecule has 0 aromatic heterocycles. The van der Waals surface area contributed by atoms with E-state index >= 15 is 0 Å². The van der Waals surface area contributed by atoms with Crippen LogP contribution in [0.2, 0.25) is 0 Å². The van der Waals surface area contributed by atoms with Crippen molar-refractivity contribution < 1.29 is 9.53 Å². The molecule has 0 spiro atoms. The third kappa shape index (κ3) is 5.47. The molecule has 1 unspecified atom stereocenters. The van der Waals surface area contributed by atoms with E-state index < -0.39 is 0 Å². The van der Waals surface area contributed by atoms with Crippen molar-refractivity contribution in [2.75, 3.05) is 39.8 Å². The Morgan fingerprint density at radius 2 is 1.93 bits per heavy atom. The van der Waals surface area contributed by atoms with Crippen LogP contribution in [0.1, 0.15) is 49.3 Å². The summed E-state index contributed by atoms with van der Waals surface area (Å²) in [6, 6.07) is 8.38. The zero-order valence-corrected chi connectivity index (χ0v) is 17.2. The highest BCUT2D eigenvalue weighted by atomic mass is 16.5. The van der Waals surface area contributed by atoms with Gasteiger partial charge in [-0.1, -0.05) is 43.5 Å². The summed E-state index contributed by atoms with van der Waals surface area (Å²) in [5, 5.41) is 6.47. The van der Waals surface area contributed by atoms with Crippen molar-refractivity contribution in [3.8, 4) is 0 Å². The molecular formula is C22H34N4O2. The van der Waals surface area contributed by atoms with E-state index in [-0.39, 0.29) is 17.9 Å². The summed E-state index contributed by atoms with van der Waals surface area (Å²) in [5.74, 6) is 1.29. The maximum atomic E-state index is 12.2. The first-order valence-corrected chi connectivity index (χ1v) is 10.6. The van der Waals surface area contributed by atoms with Crippen molar-refractivity contribution in [3.63, 3.8) is 0 Å². The highest BCUT2D eigenvalue weighted by Crippen LogP contribution is 2.25. The minimum atomic E-state index is 0.0551. The van der Waals surface area contributed by atoms with Crippen molar-refractivity contribution >= 4 is 11.9 Å². The molecule has 3 rings (SSSR count). The van der Waals surface area contributed by atoms with Gasteiger partial charge in [0.05, 0.1) is 13.2 Å². The van der Waals surface area contributed by atoms with Gasteiger partial charge in [0.1, 0.15) is 6.10 Å². The minimum Gasteiger partial charge on any atom is -0.370 e. The molecule has 2 aliphatic rings. The van der Waals surface area contributed by atoms with Gasteiger partial charge in [-0.05, 0) is 30.9 Å². The van der Waals surface area contributed by atoms with Crippen LogP contribution in [-0.2, 0) is 9.53 Å². The first kappa shape index (κ1) is 20.6. The lowest BCUT2D eigenvalue weighted by atomic mass is 9.89. The van der Waals surface area contributed by atoms with Gasteiger partial charge in [-0.25, -0.2) is 0 Å². The molecule has 1 heterocycles. The number of ether oxygens (including phenoxy) is 1. The molecule has 0 bridgehead atoms. The van der Waals surface area contributed by atoms with E-state index in [0.717, 1.165) is 31.9 Å². The van der Waals surface area contributed by atoms with E-state index in [0.29, 0.717) is 19.7 Å². The number of hydrogen-bond donors (Lipinski definition) is 2. The fourth-order valence-corrected chi connectivity index (χ4v) is 4.18. The molecule has 0 radical (unpaired) electrons. The molecule has 1 aliphatic carbocycles. The molecule has 2 N–H and O–H groups in total. The number of aliphatic imine (C=N–C) groups is 1. The van der Waals surface area contributed by atoms with E-state index in [1.54, 1.807) is 7.05 Å². The van der Waals surface area contributed by atoms with E-state index in [1.165, 1.54) is 30.4 Å². The minimum absolute atomic E-state index is 0.0551. The van der Waals surface area contributed by atoms with Crippen molar-refractivity contribution in [1.29, 1.82) is 0 Å². The number of morpholine rings is 1. The van der Waals surface area contributed by atoms with Crippen molar-refractivity contribution in [2.45, 2.75) is 45.1 Å². The Hall–Kier alpha value is -2.08. The average molecular weight is 387 g/mol. The number of aryl methyl sites for hydroxylation is 1. The Labute approximate surface area is 168 Å². The Balaban J connectivity index is 1.45. The predicted molar refractivity (Wildman–Crippen MR) is 112 cm³/mol. The van der Waals surface area contributed by atoms with E-state index in [4.69, 9.17) is 4.74 Å². The molecule has 154 valence electrons. The lowest BCUT2D eigenvalue weighted by Gasteiger charge is -2.35. The number of benzene rings is 1. The third-order valence-electron chi connectivity index (χ3n) is 5.80. The molecule has 1 aromatic rings. The van der Waals surface area contributed by atoms with Crippen LogP contribution in [0.3, 0.4) is 0 Å². The second-order valence-electron chi connectivity index (χ2n) is 7.76. The lowest BCUT2D eigenvalue weighted by molar-refractivity contribution is -0.125. The highest BCUT2D eigenvalue weighted by molar-refractivity contribution is 5.80. The van der Waals surface area contributed by atoms with Gasteiger partial charge in [-0.3, -0.25) is 9.79 Å². The summed E-state index contributed by atoms with van der Waals surface area (Å²) >= 11 is 0. The van der Waals surface area contributed by atoms with Gasteiger partial charge in [0.2, 0.25) is 5.91 Å². The molecule has 1 aromatic carbocycles. The molecule has 1 aliphatic heterocycles. The van der Waals surface area contributed by atoms with Crippen LogP contribution >= 0.6 is 0 Å². The summed E-state index contributed by atoms with van der Waals surface area (Å²) < 4.78 is 6.01. The number of guanidine groups is 1. The van der Waals surface area contributed by atoms with Crippen LogP contribution in [0.15, 0.2) is 29.3 Å². The lowest BCUT2D eigenvalue weighted by Crippen LogP contribution is -2.49. The molecule has 2 fully saturated rings. The average Bonchev–Trinajstić information content (AvgIpc) is 2.74. The number of carbonyl (C=O) groups is 1. The molecule has 1 amide bonds. The Morgan fingerprint density at radius 3 is 2.68 bits per heavy atom. The Bertz CT molecular complexity index is 670. The van der Waals surface area contributed by atoms with Crippen molar-refractivity contribution in [3.05, 3.63) is 35.4 Å². The third-order valence-corrected chi connectivity index (χ3v) is 5.80. The number of nitrogens with zero attached hydrogens (tertiary/aromatic N) is 2. The number of hydrogen-bond acceptors (Lipinski definition) is 3. The van der Waals surface area contributed by atoms with Crippen LogP contribution < -0.4 is 10.6 Å². The van der Waals surface area contributed by atoms with Gasteiger partial charge in [0, 0.05) is 32.6 Å². The van der Waals surface area contributed by atoms with Gasteiger partial charge in [-0.2, -0.15) is 0 Å². The van der Waals surface area contributed by atoms with Gasteiger partial charge in [0.25, 0.3) is 0 Å². The maximum Gasteiger partial charge on any atom is 0.223 e. The van der Waals surface area contributed by atoms with Crippen molar-refractivity contribution in [1.82, 2.24) is 15.5 Å². The largest absolute Gasteiger partial charge is 0.370 e. The molecule has 1 saturated carbocycles.